The number of nitrogens with zero attached hydrogens (tertiary/aromatic N) is 2. The predicted molar refractivity (Wildman–Crippen MR) is 113 cm³/mol. The largest absolute Gasteiger partial charge is 0.497 e. The standard InChI is InChI=1S/C23H27ClN2O/c1-4-25-15-21-20-14-19(27-3)9-10-22(20)26(23(21)13-16(25)2)12-11-17-5-7-18(24)8-6-17/h5-10,14,16H,4,11-13,15H2,1-3H3. The van der Waals surface area contributed by atoms with Crippen molar-refractivity contribution in [3.63, 3.8) is 0 Å². The van der Waals surface area contributed by atoms with E-state index in [0.29, 0.717) is 6.04 Å². The maximum absolute atomic E-state index is 6.03. The quantitative estimate of drug-likeness (QED) is 0.594. The molecule has 1 aliphatic heterocycles. The molecule has 0 fully saturated rings. The summed E-state index contributed by atoms with van der Waals surface area (Å²) in [5, 5.41) is 2.13. The molecule has 0 spiro atoms. The van der Waals surface area contributed by atoms with Crippen LogP contribution in [-0.2, 0) is 25.9 Å². The van der Waals surface area contributed by atoms with E-state index in [1.54, 1.807) is 7.11 Å². The van der Waals surface area contributed by atoms with Crippen molar-refractivity contribution in [2.45, 2.75) is 45.8 Å². The van der Waals surface area contributed by atoms with Gasteiger partial charge in [0.25, 0.3) is 0 Å². The minimum atomic E-state index is 0.572. The fourth-order valence-electron chi connectivity index (χ4n) is 4.33. The average Bonchev–Trinajstić information content (AvgIpc) is 2.98. The van der Waals surface area contributed by atoms with Gasteiger partial charge in [-0.25, -0.2) is 0 Å². The van der Waals surface area contributed by atoms with Gasteiger partial charge in [0, 0.05) is 47.2 Å². The third kappa shape index (κ3) is 3.46. The maximum Gasteiger partial charge on any atom is 0.119 e. The summed E-state index contributed by atoms with van der Waals surface area (Å²) in [6, 6.07) is 15.3. The molecular formula is C23H27ClN2O. The van der Waals surface area contributed by atoms with Crippen molar-refractivity contribution in [2.24, 2.45) is 0 Å². The van der Waals surface area contributed by atoms with Gasteiger partial charge >= 0.3 is 0 Å². The smallest absolute Gasteiger partial charge is 0.119 e. The summed E-state index contributed by atoms with van der Waals surface area (Å²) < 4.78 is 8.03. The van der Waals surface area contributed by atoms with Crippen LogP contribution >= 0.6 is 11.6 Å². The summed E-state index contributed by atoms with van der Waals surface area (Å²) in [7, 11) is 1.74. The molecule has 3 aromatic rings. The van der Waals surface area contributed by atoms with Crippen molar-refractivity contribution in [3.05, 3.63) is 64.3 Å². The van der Waals surface area contributed by atoms with Crippen LogP contribution in [0.5, 0.6) is 5.75 Å². The Hall–Kier alpha value is -1.97. The molecule has 0 aliphatic carbocycles. The van der Waals surface area contributed by atoms with Crippen molar-refractivity contribution >= 4 is 22.5 Å². The van der Waals surface area contributed by atoms with Crippen molar-refractivity contribution < 1.29 is 4.74 Å². The Labute approximate surface area is 166 Å². The molecule has 1 aromatic heterocycles. The van der Waals surface area contributed by atoms with Crippen molar-refractivity contribution in [3.8, 4) is 5.75 Å². The predicted octanol–water partition coefficient (Wildman–Crippen LogP) is 5.31. The number of methoxy groups -OCH3 is 1. The van der Waals surface area contributed by atoms with Gasteiger partial charge in [0.2, 0.25) is 0 Å². The number of hydrogen-bond acceptors (Lipinski definition) is 2. The molecule has 0 bridgehead atoms. The third-order valence-corrected chi connectivity index (χ3v) is 6.16. The lowest BCUT2D eigenvalue weighted by molar-refractivity contribution is 0.192. The second-order valence-electron chi connectivity index (χ2n) is 7.45. The van der Waals surface area contributed by atoms with Gasteiger partial charge in [-0.2, -0.15) is 0 Å². The number of aromatic nitrogens is 1. The first-order valence-corrected chi connectivity index (χ1v) is 10.1. The lowest BCUT2D eigenvalue weighted by atomic mass is 9.99. The van der Waals surface area contributed by atoms with Crippen LogP contribution in [0, 0.1) is 0 Å². The molecule has 0 saturated heterocycles. The summed E-state index contributed by atoms with van der Waals surface area (Å²) >= 11 is 6.03. The molecule has 3 nitrogen and oxygen atoms in total. The lowest BCUT2D eigenvalue weighted by Gasteiger charge is -2.33. The molecular weight excluding hydrogens is 356 g/mol. The Morgan fingerprint density at radius 3 is 2.63 bits per heavy atom. The van der Waals surface area contributed by atoms with Gasteiger partial charge in [0.1, 0.15) is 5.75 Å². The van der Waals surface area contributed by atoms with Crippen molar-refractivity contribution in [1.82, 2.24) is 9.47 Å². The minimum Gasteiger partial charge on any atom is -0.497 e. The number of hydrogen-bond donors (Lipinski definition) is 0. The van der Waals surface area contributed by atoms with E-state index in [9.17, 15) is 0 Å². The Kier molecular flexibility index (Phi) is 5.16. The summed E-state index contributed by atoms with van der Waals surface area (Å²) in [6.45, 7) is 7.68. The van der Waals surface area contributed by atoms with Gasteiger partial charge in [-0.3, -0.25) is 4.90 Å². The molecule has 0 radical (unpaired) electrons. The highest BCUT2D eigenvalue weighted by Crippen LogP contribution is 2.35. The van der Waals surface area contributed by atoms with Crippen LogP contribution in [0.4, 0.5) is 0 Å². The molecule has 0 N–H and O–H groups in total. The van der Waals surface area contributed by atoms with Crippen LogP contribution in [0.3, 0.4) is 0 Å². The Morgan fingerprint density at radius 2 is 1.93 bits per heavy atom. The summed E-state index contributed by atoms with van der Waals surface area (Å²) in [6.07, 6.45) is 2.10. The van der Waals surface area contributed by atoms with Gasteiger partial charge in [-0.05, 0) is 61.3 Å². The highest BCUT2D eigenvalue weighted by Gasteiger charge is 2.27. The van der Waals surface area contributed by atoms with E-state index in [4.69, 9.17) is 16.3 Å². The highest BCUT2D eigenvalue weighted by molar-refractivity contribution is 6.30. The van der Waals surface area contributed by atoms with E-state index >= 15 is 0 Å². The van der Waals surface area contributed by atoms with E-state index in [0.717, 1.165) is 43.2 Å². The summed E-state index contributed by atoms with van der Waals surface area (Å²) in [4.78, 5) is 2.56. The third-order valence-electron chi connectivity index (χ3n) is 5.91. The first kappa shape index (κ1) is 18.4. The molecule has 1 unspecified atom stereocenters. The van der Waals surface area contributed by atoms with Gasteiger partial charge in [-0.1, -0.05) is 30.7 Å². The maximum atomic E-state index is 6.03. The van der Waals surface area contributed by atoms with Gasteiger partial charge in [-0.15, -0.1) is 0 Å². The highest BCUT2D eigenvalue weighted by atomic mass is 35.5. The number of ether oxygens (including phenoxy) is 1. The number of halogens is 1. The fraction of sp³-hybridized carbons (Fsp3) is 0.391. The van der Waals surface area contributed by atoms with E-state index in [2.05, 4.69) is 53.6 Å². The second kappa shape index (κ2) is 7.57. The fourth-order valence-corrected chi connectivity index (χ4v) is 4.46. The molecule has 4 heteroatoms. The average molecular weight is 383 g/mol. The first-order chi connectivity index (χ1) is 13.1. The number of rotatable bonds is 5. The molecule has 1 aliphatic rings. The number of likely N-dealkylation sites (N-methyl/N-ethyl adjacent to an activating group) is 1. The van der Waals surface area contributed by atoms with Crippen LogP contribution in [0.1, 0.15) is 30.7 Å². The second-order valence-corrected chi connectivity index (χ2v) is 7.89. The van der Waals surface area contributed by atoms with Gasteiger partial charge < -0.3 is 9.30 Å². The van der Waals surface area contributed by atoms with Crippen LogP contribution in [0.15, 0.2) is 42.5 Å². The first-order valence-electron chi connectivity index (χ1n) is 9.77. The molecule has 4 rings (SSSR count). The molecule has 142 valence electrons. The van der Waals surface area contributed by atoms with Crippen molar-refractivity contribution in [2.75, 3.05) is 13.7 Å². The van der Waals surface area contributed by atoms with Gasteiger partial charge in [0.15, 0.2) is 0 Å². The molecule has 0 amide bonds. The summed E-state index contributed by atoms with van der Waals surface area (Å²) in [5.41, 5.74) is 5.60. The number of fused-ring (bicyclic) bond motifs is 3. The summed E-state index contributed by atoms with van der Waals surface area (Å²) in [5.74, 6) is 0.932. The zero-order valence-corrected chi connectivity index (χ0v) is 17.1. The van der Waals surface area contributed by atoms with E-state index in [1.165, 1.54) is 27.7 Å². The van der Waals surface area contributed by atoms with Crippen LogP contribution < -0.4 is 4.74 Å². The lowest BCUT2D eigenvalue weighted by Crippen LogP contribution is -2.38. The molecule has 27 heavy (non-hydrogen) atoms. The normalized spacial score (nSPS) is 17.3. The van der Waals surface area contributed by atoms with Gasteiger partial charge in [0.05, 0.1) is 7.11 Å². The van der Waals surface area contributed by atoms with Crippen LogP contribution in [-0.4, -0.2) is 29.2 Å². The van der Waals surface area contributed by atoms with E-state index < -0.39 is 0 Å². The zero-order valence-electron chi connectivity index (χ0n) is 16.3. The Morgan fingerprint density at radius 1 is 1.15 bits per heavy atom. The Balaban J connectivity index is 1.75. The molecule has 1 atom stereocenters. The van der Waals surface area contributed by atoms with E-state index in [-0.39, 0.29) is 0 Å². The molecule has 2 aromatic carbocycles. The molecule has 2 heterocycles. The van der Waals surface area contributed by atoms with Crippen LogP contribution in [0.2, 0.25) is 5.02 Å². The Bertz CT molecular complexity index is 945. The SMILES string of the molecule is CCN1Cc2c(n(CCc3ccc(Cl)cc3)c3ccc(OC)cc23)CC1C. The minimum absolute atomic E-state index is 0.572. The zero-order chi connectivity index (χ0) is 19.0. The topological polar surface area (TPSA) is 17.4 Å². The monoisotopic (exact) mass is 382 g/mol. The number of aryl methyl sites for hydroxylation is 2. The van der Waals surface area contributed by atoms with E-state index in [1.807, 2.05) is 12.1 Å². The number of benzene rings is 2. The molecule has 0 saturated carbocycles. The van der Waals surface area contributed by atoms with Crippen LogP contribution in [0.25, 0.3) is 10.9 Å². The van der Waals surface area contributed by atoms with Crippen molar-refractivity contribution in [1.29, 1.82) is 0 Å².